The molecule has 0 aliphatic carbocycles. The van der Waals surface area contributed by atoms with Crippen LogP contribution in [0.4, 0.5) is 8.78 Å². The number of hydrogen-bond acceptors (Lipinski definition) is 10. The number of aromatic amines is 1. The molecule has 0 bridgehead atoms. The van der Waals surface area contributed by atoms with Gasteiger partial charge in [-0.2, -0.15) is 0 Å². The first-order valence-electron chi connectivity index (χ1n) is 12.9. The number of nitrogens with one attached hydrogen (secondary N) is 2. The van der Waals surface area contributed by atoms with E-state index in [-0.39, 0.29) is 5.75 Å². The summed E-state index contributed by atoms with van der Waals surface area (Å²) in [5.41, 5.74) is -5.04. The Bertz CT molecular complexity index is 1650. The fourth-order valence-electron chi connectivity index (χ4n) is 4.35. The number of nitrogens with zero attached hydrogens (tertiary/aromatic N) is 1. The first-order chi connectivity index (χ1) is 20.2. The second-order valence-electron chi connectivity index (χ2n) is 10.0. The summed E-state index contributed by atoms with van der Waals surface area (Å²) in [7, 11) is 0. The molecule has 1 aromatic heterocycles. The number of carbonyl (C=O) groups excluding carboxylic acids is 1. The number of aromatic nitrogens is 2. The van der Waals surface area contributed by atoms with Crippen LogP contribution in [0.5, 0.6) is 5.75 Å². The Balaban J connectivity index is 1.69. The maximum Gasteiger partial charge on any atom is 0.330 e. The van der Waals surface area contributed by atoms with Crippen molar-refractivity contribution in [1.29, 1.82) is 0 Å². The fourth-order valence-corrected chi connectivity index (χ4v) is 6.92. The standard InChI is InChI=1S/C26H29ClF2N3O9PS/c1-13(2)39-23(36)14(3)31-42(43,41-18-10-6-8-15-7-4-5-9-16(15)18)38-12-26(24(28)29)20(34)19(33)22(40-26)32-11-17(27)21(35)30-25(32)37/h4-11,13-14,19-20,22,24,33-34H,12H2,1-3H3,(H,31,43)(H,30,35,37)/t14-,19+,20-,22+,26+,42?/m0/s1. The van der Waals surface area contributed by atoms with E-state index in [1.165, 1.54) is 6.92 Å². The van der Waals surface area contributed by atoms with Crippen molar-refractivity contribution in [2.45, 2.75) is 63.4 Å². The Morgan fingerprint density at radius 2 is 1.88 bits per heavy atom. The zero-order valence-corrected chi connectivity index (χ0v) is 25.4. The maximum atomic E-state index is 14.7. The van der Waals surface area contributed by atoms with Gasteiger partial charge >= 0.3 is 18.3 Å². The van der Waals surface area contributed by atoms with Gasteiger partial charge in [-0.15, -0.1) is 0 Å². The molecule has 3 aromatic rings. The number of carbonyl (C=O) groups is 1. The highest BCUT2D eigenvalue weighted by Gasteiger charge is 2.61. The molecule has 0 radical (unpaired) electrons. The van der Waals surface area contributed by atoms with Gasteiger partial charge in [-0.1, -0.05) is 48.0 Å². The third-order valence-electron chi connectivity index (χ3n) is 6.51. The summed E-state index contributed by atoms with van der Waals surface area (Å²) in [6, 6.07) is 11.0. The molecule has 1 aliphatic rings. The number of fused-ring (bicyclic) bond motifs is 1. The summed E-state index contributed by atoms with van der Waals surface area (Å²) in [4.78, 5) is 38.5. The van der Waals surface area contributed by atoms with E-state index >= 15 is 0 Å². The number of aliphatic hydroxyl groups is 2. The van der Waals surface area contributed by atoms with Crippen molar-refractivity contribution in [1.82, 2.24) is 14.6 Å². The van der Waals surface area contributed by atoms with Crippen molar-refractivity contribution in [2.75, 3.05) is 6.61 Å². The number of alkyl halides is 2. The molecule has 1 saturated heterocycles. The Hall–Kier alpha value is -2.75. The highest BCUT2D eigenvalue weighted by Crippen LogP contribution is 2.50. The highest BCUT2D eigenvalue weighted by atomic mass is 35.5. The summed E-state index contributed by atoms with van der Waals surface area (Å²) < 4.78 is 52.4. The van der Waals surface area contributed by atoms with Crippen molar-refractivity contribution in [3.8, 4) is 5.75 Å². The summed E-state index contributed by atoms with van der Waals surface area (Å²) in [5.74, 6) is -0.510. The van der Waals surface area contributed by atoms with Crippen LogP contribution in [0.1, 0.15) is 27.0 Å². The van der Waals surface area contributed by atoms with Crippen LogP contribution in [0.3, 0.4) is 0 Å². The lowest BCUT2D eigenvalue weighted by atomic mass is 9.96. The summed E-state index contributed by atoms with van der Waals surface area (Å²) >= 11 is 11.4. The molecule has 0 spiro atoms. The molecule has 6 atom stereocenters. The molecular formula is C26H29ClF2N3O9PS. The van der Waals surface area contributed by atoms with Crippen LogP contribution >= 0.6 is 18.2 Å². The van der Waals surface area contributed by atoms with Crippen LogP contribution in [0, 0.1) is 0 Å². The van der Waals surface area contributed by atoms with Crippen LogP contribution < -0.4 is 20.9 Å². The second kappa shape index (κ2) is 13.1. The molecular weight excluding hydrogens is 635 g/mol. The number of benzene rings is 2. The number of aliphatic hydroxyl groups excluding tert-OH is 2. The number of ether oxygens (including phenoxy) is 2. The summed E-state index contributed by atoms with van der Waals surface area (Å²) in [6.45, 7) is -0.430. The largest absolute Gasteiger partial charge is 0.462 e. The molecule has 2 aromatic carbocycles. The van der Waals surface area contributed by atoms with Gasteiger partial charge in [0.25, 0.3) is 12.0 Å². The highest BCUT2D eigenvalue weighted by molar-refractivity contribution is 8.09. The van der Waals surface area contributed by atoms with E-state index in [1.54, 1.807) is 44.2 Å². The van der Waals surface area contributed by atoms with E-state index in [1.807, 2.05) is 17.1 Å². The molecule has 234 valence electrons. The molecule has 1 aliphatic heterocycles. The first kappa shape index (κ1) is 33.1. The molecule has 1 fully saturated rings. The van der Waals surface area contributed by atoms with Gasteiger partial charge in [-0.25, -0.2) is 18.7 Å². The average molecular weight is 664 g/mol. The third kappa shape index (κ3) is 6.99. The monoisotopic (exact) mass is 663 g/mol. The third-order valence-corrected chi connectivity index (χ3v) is 9.24. The Morgan fingerprint density at radius 1 is 1.21 bits per heavy atom. The SMILES string of the molecule is CC(C)OC(=O)[C@H](C)NP(=S)(OC[C@@]1(C(F)F)O[C@@H](n2cc(Cl)c(=O)[nH]c2=O)[C@H](O)[C@@H]1O)Oc1cccc2ccccc12. The molecule has 12 nitrogen and oxygen atoms in total. The maximum absolute atomic E-state index is 14.7. The van der Waals surface area contributed by atoms with Crippen molar-refractivity contribution >= 4 is 46.8 Å². The van der Waals surface area contributed by atoms with Crippen LogP contribution in [-0.4, -0.2) is 68.7 Å². The normalized spacial score (nSPS) is 24.3. The molecule has 0 saturated carbocycles. The van der Waals surface area contributed by atoms with Gasteiger partial charge in [0, 0.05) is 11.6 Å². The minimum Gasteiger partial charge on any atom is -0.462 e. The lowest BCUT2D eigenvalue weighted by Gasteiger charge is -2.34. The van der Waals surface area contributed by atoms with Gasteiger partial charge < -0.3 is 28.7 Å². The van der Waals surface area contributed by atoms with E-state index in [4.69, 9.17) is 41.9 Å². The minimum atomic E-state index is -3.96. The second-order valence-corrected chi connectivity index (χ2v) is 13.6. The van der Waals surface area contributed by atoms with Crippen LogP contribution in [0.25, 0.3) is 10.8 Å². The van der Waals surface area contributed by atoms with Gasteiger partial charge in [-0.05, 0) is 44.0 Å². The number of rotatable bonds is 11. The van der Waals surface area contributed by atoms with Gasteiger partial charge in [0.05, 0.1) is 12.7 Å². The molecule has 17 heteroatoms. The van der Waals surface area contributed by atoms with Crippen molar-refractivity contribution in [2.24, 2.45) is 0 Å². The summed E-state index contributed by atoms with van der Waals surface area (Å²) in [5, 5.41) is 25.1. The van der Waals surface area contributed by atoms with E-state index in [2.05, 4.69) is 5.09 Å². The Morgan fingerprint density at radius 3 is 2.56 bits per heavy atom. The Kier molecular flexibility index (Phi) is 10.1. The van der Waals surface area contributed by atoms with Crippen molar-refractivity contribution < 1.29 is 42.3 Å². The van der Waals surface area contributed by atoms with E-state index in [0.29, 0.717) is 9.95 Å². The van der Waals surface area contributed by atoms with Crippen molar-refractivity contribution in [3.63, 3.8) is 0 Å². The van der Waals surface area contributed by atoms with Crippen LogP contribution in [0.15, 0.2) is 58.3 Å². The Labute approximate surface area is 253 Å². The summed E-state index contributed by atoms with van der Waals surface area (Å²) in [6.07, 6.45) is -9.51. The molecule has 1 unspecified atom stereocenters. The molecule has 2 heterocycles. The van der Waals surface area contributed by atoms with Gasteiger partial charge in [-0.3, -0.25) is 19.1 Å². The zero-order valence-electron chi connectivity index (χ0n) is 23.0. The molecule has 4 rings (SSSR count). The van der Waals surface area contributed by atoms with Gasteiger partial charge in [0.2, 0.25) is 0 Å². The molecule has 4 N–H and O–H groups in total. The van der Waals surface area contributed by atoms with Crippen LogP contribution in [-0.2, 0) is 30.6 Å². The first-order valence-corrected chi connectivity index (χ1v) is 15.9. The predicted molar refractivity (Wildman–Crippen MR) is 156 cm³/mol. The van der Waals surface area contributed by atoms with Gasteiger partial charge in [0.15, 0.2) is 11.8 Å². The smallest absolute Gasteiger partial charge is 0.330 e. The lowest BCUT2D eigenvalue weighted by Crippen LogP contribution is -2.53. The number of H-pyrrole nitrogens is 1. The lowest BCUT2D eigenvalue weighted by molar-refractivity contribution is -0.192. The van der Waals surface area contributed by atoms with E-state index < -0.39 is 78.1 Å². The predicted octanol–water partition coefficient (Wildman–Crippen LogP) is 2.85. The fraction of sp³-hybridized carbons (Fsp3) is 0.423. The average Bonchev–Trinajstić information content (AvgIpc) is 3.20. The van der Waals surface area contributed by atoms with Crippen molar-refractivity contribution in [3.05, 3.63) is 74.5 Å². The number of hydrogen-bond donors (Lipinski definition) is 4. The zero-order chi connectivity index (χ0) is 31.7. The van der Waals surface area contributed by atoms with E-state index in [9.17, 15) is 33.4 Å². The quantitative estimate of drug-likeness (QED) is 0.176. The number of halogens is 3. The minimum absolute atomic E-state index is 0.213. The van der Waals surface area contributed by atoms with Gasteiger partial charge in [0.1, 0.15) is 29.0 Å². The topological polar surface area (TPSA) is 161 Å². The molecule has 0 amide bonds. The number of esters is 1. The molecule has 43 heavy (non-hydrogen) atoms. The van der Waals surface area contributed by atoms with E-state index in [0.717, 1.165) is 11.6 Å². The van der Waals surface area contributed by atoms with Crippen LogP contribution in [0.2, 0.25) is 5.02 Å².